The molecule has 0 aliphatic carbocycles. The molecule has 90 valence electrons. The zero-order chi connectivity index (χ0) is 12.2. The van der Waals surface area contributed by atoms with Crippen LogP contribution >= 0.6 is 0 Å². The number of nitrogen functional groups attached to an aromatic ring is 1. The van der Waals surface area contributed by atoms with E-state index >= 15 is 0 Å². The molecule has 6 nitrogen and oxygen atoms in total. The summed E-state index contributed by atoms with van der Waals surface area (Å²) < 4.78 is 25.8. The highest BCUT2D eigenvalue weighted by Crippen LogP contribution is 2.08. The first-order chi connectivity index (χ1) is 7.45. The number of aliphatic hydroxyl groups is 1. The van der Waals surface area contributed by atoms with Crippen LogP contribution in [0.3, 0.4) is 0 Å². The van der Waals surface area contributed by atoms with E-state index in [0.717, 1.165) is 0 Å². The minimum absolute atomic E-state index is 0.0619. The Kier molecular flexibility index (Phi) is 4.22. The van der Waals surface area contributed by atoms with Crippen LogP contribution in [-0.2, 0) is 10.0 Å². The fourth-order valence-corrected chi connectivity index (χ4v) is 2.06. The number of anilines is 1. The van der Waals surface area contributed by atoms with Crippen LogP contribution in [0.5, 0.6) is 0 Å². The number of sulfonamides is 1. The molecular formula is C9H15N3O3S. The van der Waals surface area contributed by atoms with Gasteiger partial charge in [-0.3, -0.25) is 0 Å². The second-order valence-corrected chi connectivity index (χ2v) is 5.33. The summed E-state index contributed by atoms with van der Waals surface area (Å²) in [7, 11) is -3.56. The van der Waals surface area contributed by atoms with Crippen LogP contribution < -0.4 is 10.5 Å². The number of pyridine rings is 1. The summed E-state index contributed by atoms with van der Waals surface area (Å²) in [5.41, 5.74) is 5.35. The van der Waals surface area contributed by atoms with Crippen molar-refractivity contribution in [3.63, 3.8) is 0 Å². The van der Waals surface area contributed by atoms with Crippen LogP contribution in [0.15, 0.2) is 23.2 Å². The standard InChI is InChI=1S/C9H15N3O3S/c1-7(6-13)4-12-16(14,15)8-2-3-9(10)11-5-8/h2-3,5,7,12-13H,4,6H2,1H3,(H2,10,11). The van der Waals surface area contributed by atoms with Crippen molar-refractivity contribution in [1.29, 1.82) is 0 Å². The molecule has 0 bridgehead atoms. The fraction of sp³-hybridized carbons (Fsp3) is 0.444. The predicted molar refractivity (Wildman–Crippen MR) is 60.1 cm³/mol. The van der Waals surface area contributed by atoms with Gasteiger partial charge in [-0.2, -0.15) is 0 Å². The van der Waals surface area contributed by atoms with Gasteiger partial charge in [-0.05, 0) is 18.1 Å². The van der Waals surface area contributed by atoms with Gasteiger partial charge in [0, 0.05) is 19.3 Å². The summed E-state index contributed by atoms with van der Waals surface area (Å²) in [4.78, 5) is 3.76. The van der Waals surface area contributed by atoms with Crippen molar-refractivity contribution in [3.05, 3.63) is 18.3 Å². The summed E-state index contributed by atoms with van der Waals surface area (Å²) in [6, 6.07) is 2.80. The second kappa shape index (κ2) is 5.24. The molecule has 7 heteroatoms. The fourth-order valence-electron chi connectivity index (χ4n) is 0.951. The second-order valence-electron chi connectivity index (χ2n) is 3.56. The molecule has 1 aromatic rings. The minimum Gasteiger partial charge on any atom is -0.396 e. The lowest BCUT2D eigenvalue weighted by Gasteiger charge is -2.10. The predicted octanol–water partition coefficient (Wildman–Crippen LogP) is -0.429. The first-order valence-corrected chi connectivity index (χ1v) is 6.26. The van der Waals surface area contributed by atoms with Crippen LogP contribution in [-0.4, -0.2) is 31.7 Å². The van der Waals surface area contributed by atoms with Crippen LogP contribution in [0.4, 0.5) is 5.82 Å². The minimum atomic E-state index is -3.56. The molecule has 0 spiro atoms. The molecule has 0 amide bonds. The molecule has 0 aliphatic rings. The molecular weight excluding hydrogens is 230 g/mol. The van der Waals surface area contributed by atoms with Crippen molar-refractivity contribution in [2.45, 2.75) is 11.8 Å². The Morgan fingerprint density at radius 1 is 1.56 bits per heavy atom. The van der Waals surface area contributed by atoms with Crippen molar-refractivity contribution in [2.75, 3.05) is 18.9 Å². The molecule has 0 radical (unpaired) electrons. The van der Waals surface area contributed by atoms with Gasteiger partial charge in [0.25, 0.3) is 0 Å². The van der Waals surface area contributed by atoms with Gasteiger partial charge in [-0.25, -0.2) is 18.1 Å². The molecule has 0 fully saturated rings. The van der Waals surface area contributed by atoms with Crippen molar-refractivity contribution < 1.29 is 13.5 Å². The third-order valence-electron chi connectivity index (χ3n) is 2.00. The molecule has 0 saturated carbocycles. The van der Waals surface area contributed by atoms with E-state index in [4.69, 9.17) is 10.8 Å². The third-order valence-corrected chi connectivity index (χ3v) is 3.41. The Hall–Kier alpha value is -1.18. The molecule has 0 saturated heterocycles. The lowest BCUT2D eigenvalue weighted by molar-refractivity contribution is 0.238. The van der Waals surface area contributed by atoms with Gasteiger partial charge in [-0.15, -0.1) is 0 Å². The average molecular weight is 245 g/mol. The molecule has 0 aromatic carbocycles. The summed E-state index contributed by atoms with van der Waals surface area (Å²) in [5.74, 6) is 0.138. The molecule has 1 unspecified atom stereocenters. The molecule has 16 heavy (non-hydrogen) atoms. The molecule has 1 rings (SSSR count). The van der Waals surface area contributed by atoms with Crippen LogP contribution in [0.25, 0.3) is 0 Å². The topological polar surface area (TPSA) is 105 Å². The lowest BCUT2D eigenvalue weighted by atomic mass is 10.2. The first kappa shape index (κ1) is 12.9. The molecule has 1 aromatic heterocycles. The summed E-state index contributed by atoms with van der Waals surface area (Å²) in [5, 5.41) is 8.77. The Labute approximate surface area is 94.6 Å². The van der Waals surface area contributed by atoms with E-state index < -0.39 is 10.0 Å². The summed E-state index contributed by atoms with van der Waals surface area (Å²) in [6.45, 7) is 1.86. The summed E-state index contributed by atoms with van der Waals surface area (Å²) in [6.07, 6.45) is 1.20. The zero-order valence-electron chi connectivity index (χ0n) is 8.92. The van der Waals surface area contributed by atoms with Gasteiger partial charge in [0.1, 0.15) is 10.7 Å². The maximum atomic E-state index is 11.7. The van der Waals surface area contributed by atoms with E-state index in [9.17, 15) is 8.42 Å². The number of nitrogens with one attached hydrogen (secondary N) is 1. The quantitative estimate of drug-likeness (QED) is 0.653. The highest BCUT2D eigenvalue weighted by Gasteiger charge is 2.14. The largest absolute Gasteiger partial charge is 0.396 e. The van der Waals surface area contributed by atoms with Crippen LogP contribution in [0.1, 0.15) is 6.92 Å². The van der Waals surface area contributed by atoms with Gasteiger partial charge in [0.05, 0.1) is 0 Å². The van der Waals surface area contributed by atoms with E-state index in [1.54, 1.807) is 6.92 Å². The lowest BCUT2D eigenvalue weighted by Crippen LogP contribution is -2.29. The Morgan fingerprint density at radius 3 is 2.75 bits per heavy atom. The highest BCUT2D eigenvalue weighted by atomic mass is 32.2. The maximum Gasteiger partial charge on any atom is 0.242 e. The van der Waals surface area contributed by atoms with Crippen LogP contribution in [0.2, 0.25) is 0 Å². The molecule has 1 heterocycles. The van der Waals surface area contributed by atoms with E-state index in [0.29, 0.717) is 0 Å². The number of aliphatic hydroxyl groups excluding tert-OH is 1. The van der Waals surface area contributed by atoms with Gasteiger partial charge in [0.15, 0.2) is 0 Å². The number of nitrogens with zero attached hydrogens (tertiary/aromatic N) is 1. The van der Waals surface area contributed by atoms with Gasteiger partial charge in [-0.1, -0.05) is 6.92 Å². The smallest absolute Gasteiger partial charge is 0.242 e. The first-order valence-electron chi connectivity index (χ1n) is 4.78. The number of aromatic nitrogens is 1. The summed E-state index contributed by atoms with van der Waals surface area (Å²) >= 11 is 0. The Bertz CT molecular complexity index is 430. The number of hydrogen-bond acceptors (Lipinski definition) is 5. The van der Waals surface area contributed by atoms with Crippen molar-refractivity contribution in [1.82, 2.24) is 9.71 Å². The van der Waals surface area contributed by atoms with Crippen molar-refractivity contribution in [2.24, 2.45) is 5.92 Å². The van der Waals surface area contributed by atoms with E-state index in [1.165, 1.54) is 18.3 Å². The van der Waals surface area contributed by atoms with E-state index in [-0.39, 0.29) is 29.8 Å². The number of rotatable bonds is 5. The van der Waals surface area contributed by atoms with Gasteiger partial charge < -0.3 is 10.8 Å². The third kappa shape index (κ3) is 3.44. The van der Waals surface area contributed by atoms with Gasteiger partial charge in [0.2, 0.25) is 10.0 Å². The molecule has 4 N–H and O–H groups in total. The average Bonchev–Trinajstić information content (AvgIpc) is 2.26. The molecule has 1 atom stereocenters. The molecule has 0 aliphatic heterocycles. The Balaban J connectivity index is 2.74. The van der Waals surface area contributed by atoms with Crippen molar-refractivity contribution in [3.8, 4) is 0 Å². The zero-order valence-corrected chi connectivity index (χ0v) is 9.74. The number of nitrogens with two attached hydrogens (primary N) is 1. The van der Waals surface area contributed by atoms with Gasteiger partial charge >= 0.3 is 0 Å². The Morgan fingerprint density at radius 2 is 2.25 bits per heavy atom. The van der Waals surface area contributed by atoms with E-state index in [2.05, 4.69) is 9.71 Å². The maximum absolute atomic E-state index is 11.7. The van der Waals surface area contributed by atoms with E-state index in [1.807, 2.05) is 0 Å². The number of hydrogen-bond donors (Lipinski definition) is 3. The monoisotopic (exact) mass is 245 g/mol. The van der Waals surface area contributed by atoms with Crippen molar-refractivity contribution >= 4 is 15.8 Å². The normalized spacial score (nSPS) is 13.6. The SMILES string of the molecule is CC(CO)CNS(=O)(=O)c1ccc(N)nc1. The van der Waals surface area contributed by atoms with Crippen LogP contribution in [0, 0.1) is 5.92 Å². The highest BCUT2D eigenvalue weighted by molar-refractivity contribution is 7.89.